The first-order valence-corrected chi connectivity index (χ1v) is 7.68. The van der Waals surface area contributed by atoms with E-state index in [0.29, 0.717) is 6.42 Å². The van der Waals surface area contributed by atoms with E-state index in [1.165, 1.54) is 24.3 Å². The van der Waals surface area contributed by atoms with Crippen LogP contribution in [0.2, 0.25) is 0 Å². The molecule has 0 aliphatic carbocycles. The number of nitrogens with zero attached hydrogens (tertiary/aromatic N) is 2. The standard InChI is InChI=1S/C13H15N3O4S/c1-16-11(6-8-14-16)7-9-15-21(19,20)12-4-2-10(3-5-12)13(17)18/h2-6,8,15H,7,9H2,1H3,(H,17,18). The summed E-state index contributed by atoms with van der Waals surface area (Å²) in [5, 5.41) is 12.8. The van der Waals surface area contributed by atoms with Gasteiger partial charge < -0.3 is 5.11 Å². The summed E-state index contributed by atoms with van der Waals surface area (Å²) in [7, 11) is -1.86. The Bertz CT molecular complexity index is 735. The smallest absolute Gasteiger partial charge is 0.335 e. The fourth-order valence-electron chi connectivity index (χ4n) is 1.82. The van der Waals surface area contributed by atoms with E-state index in [4.69, 9.17) is 5.11 Å². The molecular formula is C13H15N3O4S. The Morgan fingerprint density at radius 2 is 1.95 bits per heavy atom. The maximum atomic E-state index is 12.0. The number of sulfonamides is 1. The van der Waals surface area contributed by atoms with Gasteiger partial charge in [-0.2, -0.15) is 5.10 Å². The normalized spacial score (nSPS) is 11.5. The van der Waals surface area contributed by atoms with Crippen molar-refractivity contribution in [3.63, 3.8) is 0 Å². The first-order chi connectivity index (χ1) is 9.90. The highest BCUT2D eigenvalue weighted by atomic mass is 32.2. The third-order valence-electron chi connectivity index (χ3n) is 3.01. The molecule has 0 aliphatic rings. The molecule has 1 heterocycles. The minimum absolute atomic E-state index is 0.0394. The lowest BCUT2D eigenvalue weighted by Gasteiger charge is -2.07. The lowest BCUT2D eigenvalue weighted by atomic mass is 10.2. The van der Waals surface area contributed by atoms with E-state index in [1.807, 2.05) is 6.07 Å². The molecule has 0 saturated heterocycles. The van der Waals surface area contributed by atoms with E-state index in [0.717, 1.165) is 5.69 Å². The monoisotopic (exact) mass is 309 g/mol. The molecule has 0 atom stereocenters. The molecular weight excluding hydrogens is 294 g/mol. The number of carboxylic acid groups (broad SMARTS) is 1. The predicted octanol–water partition coefficient (Wildman–Crippen LogP) is 0.639. The van der Waals surface area contributed by atoms with Crippen LogP contribution in [0.5, 0.6) is 0 Å². The molecule has 0 saturated carbocycles. The lowest BCUT2D eigenvalue weighted by molar-refractivity contribution is 0.0696. The topological polar surface area (TPSA) is 101 Å². The van der Waals surface area contributed by atoms with Crippen LogP contribution in [0.1, 0.15) is 16.1 Å². The summed E-state index contributed by atoms with van der Waals surface area (Å²) in [5.74, 6) is -1.09. The second-order valence-electron chi connectivity index (χ2n) is 4.42. The highest BCUT2D eigenvalue weighted by Crippen LogP contribution is 2.10. The summed E-state index contributed by atoms with van der Waals surface area (Å²) < 4.78 is 28.2. The van der Waals surface area contributed by atoms with Crippen LogP contribution in [0.3, 0.4) is 0 Å². The van der Waals surface area contributed by atoms with E-state index < -0.39 is 16.0 Å². The first-order valence-electron chi connectivity index (χ1n) is 6.20. The quantitative estimate of drug-likeness (QED) is 0.815. The van der Waals surface area contributed by atoms with Gasteiger partial charge in [0.25, 0.3) is 0 Å². The number of aromatic nitrogens is 2. The van der Waals surface area contributed by atoms with Crippen LogP contribution in [0.25, 0.3) is 0 Å². The van der Waals surface area contributed by atoms with Crippen molar-refractivity contribution in [2.75, 3.05) is 6.54 Å². The summed E-state index contributed by atoms with van der Waals surface area (Å²) in [6, 6.07) is 6.89. The molecule has 112 valence electrons. The number of hydrogen-bond acceptors (Lipinski definition) is 4. The van der Waals surface area contributed by atoms with Gasteiger partial charge in [-0.1, -0.05) is 0 Å². The van der Waals surface area contributed by atoms with Gasteiger partial charge in [0, 0.05) is 31.9 Å². The molecule has 1 aromatic heterocycles. The zero-order chi connectivity index (χ0) is 15.5. The minimum atomic E-state index is -3.64. The van der Waals surface area contributed by atoms with Gasteiger partial charge in [-0.05, 0) is 30.3 Å². The van der Waals surface area contributed by atoms with Crippen LogP contribution in [-0.4, -0.2) is 35.8 Å². The molecule has 0 amide bonds. The summed E-state index contributed by atoms with van der Waals surface area (Å²) in [6.07, 6.45) is 2.16. The fraction of sp³-hybridized carbons (Fsp3) is 0.231. The number of hydrogen-bond donors (Lipinski definition) is 2. The third kappa shape index (κ3) is 3.67. The van der Waals surface area contributed by atoms with Crippen molar-refractivity contribution >= 4 is 16.0 Å². The Labute approximate surface area is 122 Å². The fourth-order valence-corrected chi connectivity index (χ4v) is 2.85. The van der Waals surface area contributed by atoms with Gasteiger partial charge in [0.15, 0.2) is 0 Å². The van der Waals surface area contributed by atoms with E-state index in [9.17, 15) is 13.2 Å². The van der Waals surface area contributed by atoms with Gasteiger partial charge >= 0.3 is 5.97 Å². The zero-order valence-corrected chi connectivity index (χ0v) is 12.2. The molecule has 8 heteroatoms. The molecule has 1 aromatic carbocycles. The van der Waals surface area contributed by atoms with Crippen molar-refractivity contribution in [1.29, 1.82) is 0 Å². The van der Waals surface area contributed by atoms with E-state index >= 15 is 0 Å². The van der Waals surface area contributed by atoms with Crippen LogP contribution >= 0.6 is 0 Å². The molecule has 0 fully saturated rings. The predicted molar refractivity (Wildman–Crippen MR) is 75.5 cm³/mol. The maximum absolute atomic E-state index is 12.0. The Kier molecular flexibility index (Phi) is 4.39. The second kappa shape index (κ2) is 6.06. The van der Waals surface area contributed by atoms with Gasteiger partial charge in [-0.25, -0.2) is 17.9 Å². The van der Waals surface area contributed by atoms with Crippen molar-refractivity contribution in [2.45, 2.75) is 11.3 Å². The van der Waals surface area contributed by atoms with Crippen molar-refractivity contribution < 1.29 is 18.3 Å². The summed E-state index contributed by atoms with van der Waals surface area (Å²) in [6.45, 7) is 0.239. The molecule has 2 aromatic rings. The largest absolute Gasteiger partial charge is 0.478 e. The average molecular weight is 309 g/mol. The first kappa shape index (κ1) is 15.2. The Hall–Kier alpha value is -2.19. The lowest BCUT2D eigenvalue weighted by Crippen LogP contribution is -2.26. The molecule has 0 radical (unpaired) electrons. The molecule has 2 N–H and O–H groups in total. The number of benzene rings is 1. The number of rotatable bonds is 6. The minimum Gasteiger partial charge on any atom is -0.478 e. The van der Waals surface area contributed by atoms with E-state index in [-0.39, 0.29) is 17.0 Å². The Morgan fingerprint density at radius 3 is 2.48 bits per heavy atom. The van der Waals surface area contributed by atoms with Crippen molar-refractivity contribution in [3.05, 3.63) is 47.8 Å². The van der Waals surface area contributed by atoms with Crippen LogP contribution in [-0.2, 0) is 23.5 Å². The van der Waals surface area contributed by atoms with Gasteiger partial charge in [0.2, 0.25) is 10.0 Å². The van der Waals surface area contributed by atoms with E-state index in [1.54, 1.807) is 17.9 Å². The molecule has 2 rings (SSSR count). The molecule has 0 aliphatic heterocycles. The number of nitrogens with one attached hydrogen (secondary N) is 1. The summed E-state index contributed by atoms with van der Waals surface area (Å²) in [5.41, 5.74) is 0.961. The second-order valence-corrected chi connectivity index (χ2v) is 6.19. The molecule has 21 heavy (non-hydrogen) atoms. The Balaban J connectivity index is 2.01. The molecule has 0 bridgehead atoms. The van der Waals surface area contributed by atoms with Gasteiger partial charge in [-0.3, -0.25) is 4.68 Å². The summed E-state index contributed by atoms with van der Waals surface area (Å²) >= 11 is 0. The average Bonchev–Trinajstić information content (AvgIpc) is 2.84. The zero-order valence-electron chi connectivity index (χ0n) is 11.4. The van der Waals surface area contributed by atoms with E-state index in [2.05, 4.69) is 9.82 Å². The van der Waals surface area contributed by atoms with Gasteiger partial charge in [-0.15, -0.1) is 0 Å². The van der Waals surface area contributed by atoms with Gasteiger partial charge in [0.05, 0.1) is 10.5 Å². The molecule has 0 spiro atoms. The molecule has 0 unspecified atom stereocenters. The van der Waals surface area contributed by atoms with Crippen LogP contribution in [0.15, 0.2) is 41.4 Å². The van der Waals surface area contributed by atoms with Crippen molar-refractivity contribution in [3.8, 4) is 0 Å². The maximum Gasteiger partial charge on any atom is 0.335 e. The number of carboxylic acids is 1. The number of aromatic carboxylic acids is 1. The van der Waals surface area contributed by atoms with Crippen LogP contribution in [0, 0.1) is 0 Å². The Morgan fingerprint density at radius 1 is 1.29 bits per heavy atom. The van der Waals surface area contributed by atoms with Crippen LogP contribution in [0.4, 0.5) is 0 Å². The van der Waals surface area contributed by atoms with Gasteiger partial charge in [0.1, 0.15) is 0 Å². The highest BCUT2D eigenvalue weighted by Gasteiger charge is 2.14. The highest BCUT2D eigenvalue weighted by molar-refractivity contribution is 7.89. The van der Waals surface area contributed by atoms with Crippen molar-refractivity contribution in [2.24, 2.45) is 7.05 Å². The SMILES string of the molecule is Cn1nccc1CCNS(=O)(=O)c1ccc(C(=O)O)cc1. The third-order valence-corrected chi connectivity index (χ3v) is 4.48. The number of carbonyl (C=O) groups is 1. The van der Waals surface area contributed by atoms with Crippen molar-refractivity contribution in [1.82, 2.24) is 14.5 Å². The number of aryl methyl sites for hydroxylation is 1. The van der Waals surface area contributed by atoms with Crippen LogP contribution < -0.4 is 4.72 Å². The summed E-state index contributed by atoms with van der Waals surface area (Å²) in [4.78, 5) is 10.8. The molecule has 7 nitrogen and oxygen atoms in total.